The van der Waals surface area contributed by atoms with Crippen molar-refractivity contribution < 1.29 is 28.8 Å². The molecule has 1 fully saturated rings. The maximum atomic E-state index is 14.1. The predicted octanol–water partition coefficient (Wildman–Crippen LogP) is 6.94. The molecule has 0 radical (unpaired) electrons. The van der Waals surface area contributed by atoms with Crippen LogP contribution in [0.4, 0.5) is 16.2 Å². The molecule has 1 saturated carbocycles. The molecule has 3 amide bonds. The van der Waals surface area contributed by atoms with E-state index in [1.807, 2.05) is 30.3 Å². The number of hydrogen-bond acceptors (Lipinski definition) is 6. The largest absolute Gasteiger partial charge is 0.421 e. The van der Waals surface area contributed by atoms with Gasteiger partial charge in [-0.2, -0.15) is 0 Å². The van der Waals surface area contributed by atoms with Gasteiger partial charge in [0.25, 0.3) is 5.91 Å². The van der Waals surface area contributed by atoms with E-state index in [0.29, 0.717) is 22.4 Å². The Balaban J connectivity index is 1.35. The summed E-state index contributed by atoms with van der Waals surface area (Å²) in [4.78, 5) is 59.0. The number of anilines is 2. The van der Waals surface area contributed by atoms with Gasteiger partial charge in [0.15, 0.2) is 5.76 Å². The molecule has 6 rings (SSSR count). The zero-order chi connectivity index (χ0) is 32.4. The lowest BCUT2D eigenvalue weighted by molar-refractivity contribution is -0.157. The third-order valence-electron chi connectivity index (χ3n) is 7.73. The number of nitrogens with one attached hydrogen (secondary N) is 2. The van der Waals surface area contributed by atoms with Crippen molar-refractivity contribution in [3.8, 4) is 0 Å². The highest BCUT2D eigenvalue weighted by Gasteiger charge is 2.42. The van der Waals surface area contributed by atoms with E-state index in [1.165, 1.54) is 5.56 Å². The Hall–Kier alpha value is -5.70. The first-order valence-electron chi connectivity index (χ1n) is 15.0. The summed E-state index contributed by atoms with van der Waals surface area (Å²) < 4.78 is 5.92. The molecule has 2 atom stereocenters. The van der Waals surface area contributed by atoms with E-state index in [9.17, 15) is 19.2 Å². The number of ether oxygens (including phenoxy) is 1. The summed E-state index contributed by atoms with van der Waals surface area (Å²) >= 11 is 0. The number of urea groups is 1. The third-order valence-corrected chi connectivity index (χ3v) is 7.73. The number of hydrogen-bond donors (Lipinski definition) is 2. The Bertz CT molecular complexity index is 1830. The van der Waals surface area contributed by atoms with Crippen LogP contribution in [0.15, 0.2) is 109 Å². The maximum absolute atomic E-state index is 14.1. The van der Waals surface area contributed by atoms with Gasteiger partial charge in [0.1, 0.15) is 0 Å². The van der Waals surface area contributed by atoms with Crippen LogP contribution >= 0.6 is 0 Å². The fraction of sp³-hybridized carbons (Fsp3) is 0.189. The summed E-state index contributed by atoms with van der Waals surface area (Å²) in [5.74, 6) is -1.74. The predicted molar refractivity (Wildman–Crippen MR) is 174 cm³/mol. The van der Waals surface area contributed by atoms with Gasteiger partial charge in [0.2, 0.25) is 0 Å². The van der Waals surface area contributed by atoms with Crippen molar-refractivity contribution in [3.63, 3.8) is 0 Å². The minimum Gasteiger partial charge on any atom is -0.421 e. The molecule has 4 aromatic carbocycles. The van der Waals surface area contributed by atoms with Crippen LogP contribution in [0.3, 0.4) is 0 Å². The van der Waals surface area contributed by atoms with Crippen LogP contribution in [0.5, 0.6) is 0 Å². The highest BCUT2D eigenvalue weighted by atomic mass is 16.7. The normalized spacial score (nSPS) is 17.9. The van der Waals surface area contributed by atoms with Gasteiger partial charge in [-0.05, 0) is 63.1 Å². The monoisotopic (exact) mass is 615 g/mol. The van der Waals surface area contributed by atoms with E-state index in [4.69, 9.17) is 9.57 Å². The second kappa shape index (κ2) is 12.4. The van der Waals surface area contributed by atoms with Crippen molar-refractivity contribution in [2.75, 3.05) is 10.4 Å². The van der Waals surface area contributed by atoms with Gasteiger partial charge in [-0.15, -0.1) is 5.06 Å². The number of fused-ring (bicyclic) bond motifs is 1. The van der Waals surface area contributed by atoms with Crippen molar-refractivity contribution in [2.45, 2.75) is 39.2 Å². The second-order valence-corrected chi connectivity index (χ2v) is 12.2. The molecule has 0 aromatic heterocycles. The number of nitrogens with zero attached hydrogens (tertiary/aromatic N) is 1. The first kappa shape index (κ1) is 30.3. The molecule has 0 bridgehead atoms. The van der Waals surface area contributed by atoms with E-state index >= 15 is 0 Å². The van der Waals surface area contributed by atoms with Gasteiger partial charge in [0, 0.05) is 28.8 Å². The molecule has 9 nitrogen and oxygen atoms in total. The first-order chi connectivity index (χ1) is 22.1. The van der Waals surface area contributed by atoms with E-state index in [2.05, 4.69) is 10.6 Å². The van der Waals surface area contributed by atoms with Crippen LogP contribution in [-0.4, -0.2) is 29.9 Å². The van der Waals surface area contributed by atoms with E-state index < -0.39 is 29.3 Å². The fourth-order valence-electron chi connectivity index (χ4n) is 5.17. The molecule has 4 aromatic rings. The summed E-state index contributed by atoms with van der Waals surface area (Å²) in [6.07, 6.45) is 0.838. The first-order valence-corrected chi connectivity index (χ1v) is 15.0. The van der Waals surface area contributed by atoms with Crippen molar-refractivity contribution in [1.29, 1.82) is 0 Å². The molecular weight excluding hydrogens is 582 g/mol. The van der Waals surface area contributed by atoms with E-state index in [0.717, 1.165) is 11.5 Å². The molecular formula is C37H33N3O6. The topological polar surface area (TPSA) is 114 Å². The minimum atomic E-state index is -0.926. The summed E-state index contributed by atoms with van der Waals surface area (Å²) in [6.45, 7) is 5.02. The van der Waals surface area contributed by atoms with Crippen molar-refractivity contribution in [1.82, 2.24) is 5.32 Å². The lowest BCUT2D eigenvalue weighted by Crippen LogP contribution is -2.35. The van der Waals surface area contributed by atoms with Crippen LogP contribution < -0.4 is 15.7 Å². The molecule has 46 heavy (non-hydrogen) atoms. The van der Waals surface area contributed by atoms with Gasteiger partial charge in [-0.25, -0.2) is 14.4 Å². The van der Waals surface area contributed by atoms with Crippen LogP contribution in [-0.2, 0) is 19.2 Å². The van der Waals surface area contributed by atoms with Gasteiger partial charge in [0.05, 0.1) is 22.2 Å². The zero-order valence-corrected chi connectivity index (χ0v) is 25.7. The van der Waals surface area contributed by atoms with Gasteiger partial charge in [-0.3, -0.25) is 4.79 Å². The van der Waals surface area contributed by atoms with E-state index in [-0.39, 0.29) is 29.0 Å². The molecule has 232 valence electrons. The second-order valence-electron chi connectivity index (χ2n) is 12.2. The highest BCUT2D eigenvalue weighted by Crippen LogP contribution is 2.44. The zero-order valence-electron chi connectivity index (χ0n) is 25.7. The molecule has 1 aliphatic carbocycles. The van der Waals surface area contributed by atoms with Crippen molar-refractivity contribution >= 4 is 46.6 Å². The summed E-state index contributed by atoms with van der Waals surface area (Å²) in [5.41, 5.74) is 2.01. The summed E-state index contributed by atoms with van der Waals surface area (Å²) in [7, 11) is 0. The molecule has 2 N–H and O–H groups in total. The average molecular weight is 616 g/mol. The quantitative estimate of drug-likeness (QED) is 0.132. The van der Waals surface area contributed by atoms with Gasteiger partial charge in [-0.1, -0.05) is 78.9 Å². The Morgan fingerprint density at radius 1 is 0.804 bits per heavy atom. The van der Waals surface area contributed by atoms with Gasteiger partial charge >= 0.3 is 18.0 Å². The molecule has 9 heteroatoms. The Morgan fingerprint density at radius 2 is 1.41 bits per heavy atom. The Morgan fingerprint density at radius 3 is 2.04 bits per heavy atom. The molecule has 1 aliphatic heterocycles. The van der Waals surface area contributed by atoms with Crippen LogP contribution in [0.2, 0.25) is 0 Å². The number of carbonyl (C=O) groups excluding carboxylic acids is 4. The van der Waals surface area contributed by atoms with Crippen LogP contribution in [0, 0.1) is 5.41 Å². The minimum absolute atomic E-state index is 0.00455. The number of benzene rings is 4. The Kier molecular flexibility index (Phi) is 8.15. The average Bonchev–Trinajstić information content (AvgIpc) is 3.77. The number of esters is 1. The fourth-order valence-corrected chi connectivity index (χ4v) is 5.17. The lowest BCUT2D eigenvalue weighted by atomic mass is 9.98. The number of amides is 3. The van der Waals surface area contributed by atoms with Crippen molar-refractivity contribution in [2.24, 2.45) is 5.41 Å². The van der Waals surface area contributed by atoms with Crippen LogP contribution in [0.25, 0.3) is 11.3 Å². The lowest BCUT2D eigenvalue weighted by Gasteiger charge is -2.22. The molecule has 0 saturated heterocycles. The molecule has 0 unspecified atom stereocenters. The molecule has 1 heterocycles. The molecule has 2 aliphatic rings. The SMILES string of the molecule is CC(C)(C)C(=O)ON1C(=O)/C(=C(\OC(=O)c2ccccc2)c2ccccc2)c2ccc(NC(=O)N[C@H]3C[C@@H]3c3ccccc3)cc21. The summed E-state index contributed by atoms with van der Waals surface area (Å²) in [5, 5.41) is 6.72. The third kappa shape index (κ3) is 6.39. The number of rotatable bonds is 7. The smallest absolute Gasteiger partial charge is 0.343 e. The van der Waals surface area contributed by atoms with Gasteiger partial charge < -0.3 is 20.2 Å². The number of hydroxylamine groups is 1. The Labute approximate surface area is 266 Å². The summed E-state index contributed by atoms with van der Waals surface area (Å²) in [6, 6.07) is 31.6. The van der Waals surface area contributed by atoms with Crippen LogP contribution in [0.1, 0.15) is 60.2 Å². The standard InChI is InChI=1S/C37H33N3O6/c1-37(2,3)35(43)46-40-30-21-26(38-36(44)39-29-22-28(29)23-13-7-4-8-14-23)19-20-27(30)31(33(40)41)32(24-15-9-5-10-16-24)45-34(42)25-17-11-6-12-18-25/h4-21,28-29H,22H2,1-3H3,(H2,38,39,44)/b32-31-/t28-,29+/m1/s1. The maximum Gasteiger partial charge on any atom is 0.343 e. The molecule has 0 spiro atoms. The van der Waals surface area contributed by atoms with Crippen molar-refractivity contribution in [3.05, 3.63) is 131 Å². The number of carbonyl (C=O) groups is 4. The van der Waals surface area contributed by atoms with E-state index in [1.54, 1.807) is 99.6 Å². The highest BCUT2D eigenvalue weighted by molar-refractivity contribution is 6.37.